The number of H-pyrrole nitrogens is 1. The Balaban J connectivity index is 1.77. The van der Waals surface area contributed by atoms with Gasteiger partial charge in [0.1, 0.15) is 11.6 Å². The van der Waals surface area contributed by atoms with Crippen LogP contribution in [0.2, 0.25) is 0 Å². The van der Waals surface area contributed by atoms with Crippen LogP contribution in [0, 0.1) is 0 Å². The van der Waals surface area contributed by atoms with Crippen LogP contribution in [-0.4, -0.2) is 40.8 Å². The summed E-state index contributed by atoms with van der Waals surface area (Å²) in [6, 6.07) is 7.72. The van der Waals surface area contributed by atoms with E-state index in [0.29, 0.717) is 23.7 Å². The number of aromatic amines is 1. The Hall–Kier alpha value is -2.19. The number of fused-ring (bicyclic) bond motifs is 1. The Kier molecular flexibility index (Phi) is 5.01. The number of nitrogens with one attached hydrogen (secondary N) is 2. The molecule has 0 bridgehead atoms. The number of ether oxygens (including phenoxy) is 2. The third-order valence-corrected chi connectivity index (χ3v) is 6.59. The van der Waals surface area contributed by atoms with Crippen LogP contribution in [0.1, 0.15) is 49.1 Å². The Morgan fingerprint density at radius 1 is 1.25 bits per heavy atom. The molecule has 2 atom stereocenters. The van der Waals surface area contributed by atoms with Gasteiger partial charge in [-0.1, -0.05) is 12.1 Å². The van der Waals surface area contributed by atoms with Crippen molar-refractivity contribution in [1.29, 1.82) is 0 Å². The Labute approximate surface area is 167 Å². The van der Waals surface area contributed by atoms with Gasteiger partial charge in [-0.3, -0.25) is 19.4 Å². The summed E-state index contributed by atoms with van der Waals surface area (Å²) < 4.78 is 12.9. The van der Waals surface area contributed by atoms with E-state index in [9.17, 15) is 9.59 Å². The van der Waals surface area contributed by atoms with E-state index in [-0.39, 0.29) is 28.4 Å². The maximum Gasteiger partial charge on any atom is 0.270 e. The summed E-state index contributed by atoms with van der Waals surface area (Å²) in [6.45, 7) is 4.72. The SMILES string of the molecule is COc1ccc([C@@H]2SCC(=O)Nc3c2c(=O)[nH]n3[C@@H]2CCOC(C)(C)C2)cc1. The predicted molar refractivity (Wildman–Crippen MR) is 109 cm³/mol. The quantitative estimate of drug-likeness (QED) is 0.823. The molecule has 1 aromatic carbocycles. The monoisotopic (exact) mass is 403 g/mol. The summed E-state index contributed by atoms with van der Waals surface area (Å²) in [4.78, 5) is 25.3. The molecule has 7 nitrogen and oxygen atoms in total. The second-order valence-electron chi connectivity index (χ2n) is 7.84. The highest BCUT2D eigenvalue weighted by molar-refractivity contribution is 8.00. The molecule has 150 valence electrons. The topological polar surface area (TPSA) is 85.4 Å². The predicted octanol–water partition coefficient (Wildman–Crippen LogP) is 3.09. The van der Waals surface area contributed by atoms with E-state index in [4.69, 9.17) is 9.47 Å². The molecule has 2 aliphatic heterocycles. The fourth-order valence-electron chi connectivity index (χ4n) is 3.98. The lowest BCUT2D eigenvalue weighted by Crippen LogP contribution is -2.36. The van der Waals surface area contributed by atoms with Crippen LogP contribution in [0.3, 0.4) is 0 Å². The first kappa shape index (κ1) is 19.1. The molecular weight excluding hydrogens is 378 g/mol. The first-order chi connectivity index (χ1) is 13.4. The number of hydrogen-bond donors (Lipinski definition) is 2. The number of nitrogens with zero attached hydrogens (tertiary/aromatic N) is 1. The maximum atomic E-state index is 13.0. The average Bonchev–Trinajstić information content (AvgIpc) is 2.87. The Bertz CT molecular complexity index is 932. The van der Waals surface area contributed by atoms with Gasteiger partial charge in [0.15, 0.2) is 0 Å². The van der Waals surface area contributed by atoms with Gasteiger partial charge in [-0.15, -0.1) is 11.8 Å². The van der Waals surface area contributed by atoms with Crippen LogP contribution in [0.25, 0.3) is 0 Å². The van der Waals surface area contributed by atoms with E-state index in [0.717, 1.165) is 24.2 Å². The minimum Gasteiger partial charge on any atom is -0.497 e. The zero-order valence-corrected chi connectivity index (χ0v) is 17.1. The Morgan fingerprint density at radius 2 is 2.00 bits per heavy atom. The Morgan fingerprint density at radius 3 is 2.68 bits per heavy atom. The summed E-state index contributed by atoms with van der Waals surface area (Å²) in [5.41, 5.74) is 1.15. The summed E-state index contributed by atoms with van der Waals surface area (Å²) in [5.74, 6) is 1.54. The number of benzene rings is 1. The molecular formula is C20H25N3O4S. The van der Waals surface area contributed by atoms with Gasteiger partial charge in [0, 0.05) is 6.61 Å². The van der Waals surface area contributed by atoms with Gasteiger partial charge in [-0.25, -0.2) is 0 Å². The molecule has 1 aromatic heterocycles. The van der Waals surface area contributed by atoms with Crippen LogP contribution in [0.5, 0.6) is 5.75 Å². The van der Waals surface area contributed by atoms with Crippen molar-refractivity contribution in [3.8, 4) is 5.75 Å². The number of methoxy groups -OCH3 is 1. The molecule has 4 rings (SSSR count). The van der Waals surface area contributed by atoms with E-state index in [1.807, 2.05) is 42.8 Å². The first-order valence-corrected chi connectivity index (χ1v) is 10.5. The molecule has 2 N–H and O–H groups in total. The highest BCUT2D eigenvalue weighted by Crippen LogP contribution is 2.42. The molecule has 8 heteroatoms. The van der Waals surface area contributed by atoms with E-state index in [1.165, 1.54) is 11.8 Å². The van der Waals surface area contributed by atoms with Crippen molar-refractivity contribution in [3.05, 3.63) is 45.7 Å². The number of rotatable bonds is 3. The van der Waals surface area contributed by atoms with Crippen molar-refractivity contribution < 1.29 is 14.3 Å². The molecule has 2 aromatic rings. The van der Waals surface area contributed by atoms with Crippen LogP contribution in [0.4, 0.5) is 5.82 Å². The molecule has 0 spiro atoms. The van der Waals surface area contributed by atoms with Crippen molar-refractivity contribution in [1.82, 2.24) is 9.78 Å². The lowest BCUT2D eigenvalue weighted by Gasteiger charge is -2.36. The van der Waals surface area contributed by atoms with Crippen molar-refractivity contribution in [2.75, 3.05) is 24.8 Å². The third kappa shape index (κ3) is 3.58. The lowest BCUT2D eigenvalue weighted by atomic mass is 9.94. The fraction of sp³-hybridized carbons (Fsp3) is 0.500. The number of anilines is 1. The van der Waals surface area contributed by atoms with E-state index < -0.39 is 0 Å². The largest absolute Gasteiger partial charge is 0.497 e. The van der Waals surface area contributed by atoms with Crippen molar-refractivity contribution >= 4 is 23.5 Å². The molecule has 1 amide bonds. The molecule has 1 saturated heterocycles. The summed E-state index contributed by atoms with van der Waals surface area (Å²) in [5, 5.41) is 5.73. The van der Waals surface area contributed by atoms with E-state index >= 15 is 0 Å². The zero-order valence-electron chi connectivity index (χ0n) is 16.3. The standard InChI is InChI=1S/C20H25N3O4S/c1-20(2)10-13(8-9-27-20)23-18-16(19(25)22-23)17(28-11-15(24)21-18)12-4-6-14(26-3)7-5-12/h4-7,13,17H,8-11H2,1-3H3,(H,21,24)(H,22,25)/t13-,17+/m1/s1. The van der Waals surface area contributed by atoms with Gasteiger partial charge in [0.25, 0.3) is 5.56 Å². The summed E-state index contributed by atoms with van der Waals surface area (Å²) >= 11 is 1.46. The highest BCUT2D eigenvalue weighted by Gasteiger charge is 2.35. The molecule has 0 saturated carbocycles. The van der Waals surface area contributed by atoms with Gasteiger partial charge >= 0.3 is 0 Å². The number of hydrogen-bond acceptors (Lipinski definition) is 5. The highest BCUT2D eigenvalue weighted by atomic mass is 32.2. The van der Waals surface area contributed by atoms with Gasteiger partial charge in [0.05, 0.1) is 35.3 Å². The lowest BCUT2D eigenvalue weighted by molar-refractivity contribution is -0.113. The molecule has 3 heterocycles. The van der Waals surface area contributed by atoms with Crippen LogP contribution in [0.15, 0.2) is 29.1 Å². The molecule has 0 aliphatic carbocycles. The van der Waals surface area contributed by atoms with Gasteiger partial charge in [0.2, 0.25) is 5.91 Å². The number of amides is 1. The number of carbonyl (C=O) groups excluding carboxylic acids is 1. The van der Waals surface area contributed by atoms with Crippen molar-refractivity contribution in [3.63, 3.8) is 0 Å². The van der Waals surface area contributed by atoms with E-state index in [2.05, 4.69) is 10.4 Å². The van der Waals surface area contributed by atoms with Crippen LogP contribution in [-0.2, 0) is 9.53 Å². The van der Waals surface area contributed by atoms with Gasteiger partial charge < -0.3 is 14.8 Å². The molecule has 0 radical (unpaired) electrons. The van der Waals surface area contributed by atoms with E-state index in [1.54, 1.807) is 7.11 Å². The second kappa shape index (κ2) is 7.33. The molecule has 2 aliphatic rings. The minimum atomic E-state index is -0.268. The van der Waals surface area contributed by atoms with Crippen molar-refractivity contribution in [2.24, 2.45) is 0 Å². The normalized spacial score (nSPS) is 24.2. The van der Waals surface area contributed by atoms with Gasteiger partial charge in [-0.05, 0) is 44.4 Å². The second-order valence-corrected chi connectivity index (χ2v) is 8.93. The first-order valence-electron chi connectivity index (χ1n) is 9.42. The molecule has 28 heavy (non-hydrogen) atoms. The maximum absolute atomic E-state index is 13.0. The third-order valence-electron chi connectivity index (χ3n) is 5.32. The fourth-order valence-corrected chi connectivity index (χ4v) is 5.10. The zero-order chi connectivity index (χ0) is 19.9. The molecule has 1 fully saturated rings. The van der Waals surface area contributed by atoms with Crippen molar-refractivity contribution in [2.45, 2.75) is 43.6 Å². The number of carbonyl (C=O) groups is 1. The number of aromatic nitrogens is 2. The average molecular weight is 404 g/mol. The van der Waals surface area contributed by atoms with Crippen LogP contribution < -0.4 is 15.6 Å². The summed E-state index contributed by atoms with van der Waals surface area (Å²) in [6.07, 6.45) is 1.55. The molecule has 0 unspecified atom stereocenters. The minimum absolute atomic E-state index is 0.0696. The smallest absolute Gasteiger partial charge is 0.270 e. The summed E-state index contributed by atoms with van der Waals surface area (Å²) in [7, 11) is 1.62. The van der Waals surface area contributed by atoms with Crippen LogP contribution >= 0.6 is 11.8 Å². The van der Waals surface area contributed by atoms with Gasteiger partial charge in [-0.2, -0.15) is 0 Å². The number of thioether (sulfide) groups is 1.